The van der Waals surface area contributed by atoms with Gasteiger partial charge in [-0.15, -0.1) is 29.9 Å². The number of amides is 17. The standard InChI is InChI=1S/C97H134N26O21/c1-5-44-142-63-47-78(121(55-63)81(125)52-101-104-98)95(139)120-43-19-31-77(120)94(138)117-40-16-30-76(117)93(137)116-39-15-29-75(116)92(136)115-38-14-28-74(115)91(135)114-37-13-27-73(114)90(134)113-36-12-26-72(113)89(133)112-35-11-24-70(112)87(131)110-33-9-21-67(110)84(128)99-50-61-53-108(106-102-61)59-83(127)123-57-65(144-46-7-3)49-80(123)97(141)119-42-18-25-71(119)88(132)111-34-10-22-68(111)85(129)100-51-62-54-107(105-103-62)58-82(126)122-56-64(143-45-6-2)48-79(122)96(140)118-41-17-23-69(118)86(130)109-32-8-20-66(109)60(4)124/h5-7,53-54,63-80H,1-3,8-52,55-59H2,4H3,(H,99,128)(H,100,129)/t63-,64-,65-,66+,67+,68+,69+,70+,71+,72+,73+,74+,75+,76+,77+,78+,79+,80+/m1/s1. The minimum Gasteiger partial charge on any atom is -0.372 e. The maximum atomic E-state index is 15.1. The minimum absolute atomic E-state index is 0.0277. The number of azide groups is 1. The molecule has 17 rings (SSSR count). The van der Waals surface area contributed by atoms with Gasteiger partial charge in [-0.3, -0.25) is 86.3 Å². The van der Waals surface area contributed by atoms with Crippen LogP contribution in [0.4, 0.5) is 0 Å². The van der Waals surface area contributed by atoms with E-state index in [0.29, 0.717) is 173 Å². The van der Waals surface area contributed by atoms with Crippen molar-refractivity contribution in [2.45, 2.75) is 315 Å². The van der Waals surface area contributed by atoms with Crippen LogP contribution in [0.2, 0.25) is 0 Å². The lowest BCUT2D eigenvalue weighted by atomic mass is 10.1. The summed E-state index contributed by atoms with van der Waals surface area (Å²) in [7, 11) is 0. The number of hydrogen-bond donors (Lipinski definition) is 2. The first-order valence-corrected chi connectivity index (χ1v) is 51.7. The number of likely N-dealkylation sites (tertiary alicyclic amines) is 15. The molecule has 2 N–H and O–H groups in total. The topological polar surface area (TPSA) is 518 Å². The van der Waals surface area contributed by atoms with Gasteiger partial charge in [-0.25, -0.2) is 9.36 Å². The molecule has 0 unspecified atom stereocenters. The van der Waals surface area contributed by atoms with Crippen LogP contribution in [0.3, 0.4) is 0 Å². The number of carbonyl (C=O) groups excluding carboxylic acids is 18. The van der Waals surface area contributed by atoms with Crippen molar-refractivity contribution in [1.29, 1.82) is 0 Å². The summed E-state index contributed by atoms with van der Waals surface area (Å²) in [6.07, 6.45) is 17.0. The zero-order chi connectivity index (χ0) is 101. The van der Waals surface area contributed by atoms with Gasteiger partial charge in [-0.2, -0.15) is 0 Å². The monoisotopic (exact) mass is 2000 g/mol. The van der Waals surface area contributed by atoms with E-state index in [1.807, 2.05) is 0 Å². The van der Waals surface area contributed by atoms with Crippen molar-refractivity contribution in [2.75, 3.05) is 125 Å². The molecule has 15 fully saturated rings. The maximum absolute atomic E-state index is 15.1. The van der Waals surface area contributed by atoms with Gasteiger partial charge in [0, 0.05) is 122 Å². The second-order valence-corrected chi connectivity index (χ2v) is 40.7. The van der Waals surface area contributed by atoms with Crippen LogP contribution in [-0.2, 0) is 127 Å². The Balaban J connectivity index is 0.465. The Morgan fingerprint density at radius 1 is 0.326 bits per heavy atom. The summed E-state index contributed by atoms with van der Waals surface area (Å²) in [6.45, 7) is 15.1. The molecule has 2 aromatic rings. The molecule has 778 valence electrons. The van der Waals surface area contributed by atoms with Gasteiger partial charge in [0.1, 0.15) is 116 Å². The first-order chi connectivity index (χ1) is 69.7. The summed E-state index contributed by atoms with van der Waals surface area (Å²) in [5.74, 6) is -7.28. The van der Waals surface area contributed by atoms with Gasteiger partial charge in [0.15, 0.2) is 5.78 Å². The average molecular weight is 2000 g/mol. The summed E-state index contributed by atoms with van der Waals surface area (Å²) in [6, 6.07) is -13.5. The lowest BCUT2D eigenvalue weighted by Gasteiger charge is -2.37. The van der Waals surface area contributed by atoms with Crippen LogP contribution < -0.4 is 10.6 Å². The van der Waals surface area contributed by atoms with Crippen LogP contribution in [0, 0.1) is 0 Å². The molecule has 15 saturated heterocycles. The van der Waals surface area contributed by atoms with Crippen molar-refractivity contribution in [3.63, 3.8) is 0 Å². The molecule has 18 atom stereocenters. The molecule has 15 aliphatic heterocycles. The molecular formula is C97H134N26O21. The van der Waals surface area contributed by atoms with Gasteiger partial charge in [-0.1, -0.05) is 33.8 Å². The van der Waals surface area contributed by atoms with Crippen molar-refractivity contribution in [3.8, 4) is 0 Å². The number of ether oxygens (including phenoxy) is 3. The molecule has 47 nitrogen and oxygen atoms in total. The van der Waals surface area contributed by atoms with Crippen LogP contribution in [0.25, 0.3) is 10.4 Å². The van der Waals surface area contributed by atoms with E-state index in [1.54, 1.807) is 28.0 Å². The number of ketones is 1. The van der Waals surface area contributed by atoms with Crippen molar-refractivity contribution in [3.05, 3.63) is 72.2 Å². The molecule has 0 radical (unpaired) electrons. The zero-order valence-electron chi connectivity index (χ0n) is 82.1. The van der Waals surface area contributed by atoms with Crippen molar-refractivity contribution >= 4 is 106 Å². The molecule has 144 heavy (non-hydrogen) atoms. The predicted molar refractivity (Wildman–Crippen MR) is 505 cm³/mol. The molecule has 0 saturated carbocycles. The number of nitrogens with one attached hydrogen (secondary N) is 2. The van der Waals surface area contributed by atoms with E-state index in [0.717, 1.165) is 0 Å². The number of aromatic nitrogens is 6. The number of nitrogens with zero attached hydrogens (tertiary/aromatic N) is 24. The SMILES string of the molecule is C=CCO[C@@H]1C[C@@H](C(=O)N2CCC[C@H]2C(=O)N2CCC[C@H]2C(C)=O)N(C(=O)Cn2cc(CNC(=O)[C@@H]3CCCN3C(=O)[C@@H]3CCCN3C(=O)[C@@H]3C[C@@H](OCC=C)CN3C(=O)Cn3cc(CNC(=O)[C@@H]4CCCN4C(=O)[C@@H]4CCCN4C(=O)[C@@H]4CCCN4C(=O)[C@@H]4CCCN4C(=O)[C@@H]4CCCN4C(=O)[C@@H]4CCCN4C(=O)[C@@H]4CCCN4C(=O)[C@@H]4CCCN4C(=O)[C@@H]4C[C@@H](OCC=C)CN4C(=O)CN=[N+]=[N-])nn3)nn2)C1. The fourth-order valence-corrected chi connectivity index (χ4v) is 25.1. The van der Waals surface area contributed by atoms with E-state index in [4.69, 9.17) is 19.7 Å². The summed E-state index contributed by atoms with van der Waals surface area (Å²) >= 11 is 0. The van der Waals surface area contributed by atoms with E-state index >= 15 is 14.4 Å². The Bertz CT molecular complexity index is 5330. The summed E-state index contributed by atoms with van der Waals surface area (Å²) in [5.41, 5.74) is 9.54. The van der Waals surface area contributed by atoms with E-state index < -0.39 is 204 Å². The third-order valence-corrected chi connectivity index (χ3v) is 31.9. The molecule has 2 aromatic heterocycles. The van der Waals surface area contributed by atoms with E-state index in [9.17, 15) is 71.9 Å². The Kier molecular flexibility index (Phi) is 32.7. The molecule has 0 aliphatic carbocycles. The molecule has 47 heteroatoms. The highest BCUT2D eigenvalue weighted by molar-refractivity contribution is 6.02. The van der Waals surface area contributed by atoms with Crippen LogP contribution in [0.1, 0.15) is 192 Å². The Labute approximate surface area is 834 Å². The highest BCUT2D eigenvalue weighted by atomic mass is 16.5. The molecule has 15 aliphatic rings. The van der Waals surface area contributed by atoms with Crippen LogP contribution in [0.15, 0.2) is 55.5 Å². The first-order valence-electron chi connectivity index (χ1n) is 51.7. The van der Waals surface area contributed by atoms with Crippen molar-refractivity contribution in [1.82, 2.24) is 114 Å². The van der Waals surface area contributed by atoms with Gasteiger partial charge in [0.25, 0.3) is 0 Å². The number of Topliss-reactive ketones (excluding diaryl/α,β-unsaturated/α-hetero) is 1. The quantitative estimate of drug-likeness (QED) is 0.0371. The second-order valence-electron chi connectivity index (χ2n) is 40.7. The smallest absolute Gasteiger partial charge is 0.246 e. The summed E-state index contributed by atoms with van der Waals surface area (Å²) < 4.78 is 20.5. The molecular weight excluding hydrogens is 1870 g/mol. The Morgan fingerprint density at radius 3 is 0.778 bits per heavy atom. The van der Waals surface area contributed by atoms with Gasteiger partial charge in [0.2, 0.25) is 100 Å². The fourth-order valence-electron chi connectivity index (χ4n) is 25.1. The van der Waals surface area contributed by atoms with Crippen molar-refractivity contribution < 1.29 is 101 Å². The fraction of sp³-hybridized carbons (Fsp3) is 0.711. The van der Waals surface area contributed by atoms with E-state index in [2.05, 4.69) is 61.0 Å². The third-order valence-electron chi connectivity index (χ3n) is 31.9. The van der Waals surface area contributed by atoms with Gasteiger partial charge < -0.3 is 98.3 Å². The normalized spacial score (nSPS) is 28.9. The van der Waals surface area contributed by atoms with Gasteiger partial charge in [-0.05, 0) is 167 Å². The number of carbonyl (C=O) groups is 18. The van der Waals surface area contributed by atoms with Gasteiger partial charge >= 0.3 is 0 Å². The van der Waals surface area contributed by atoms with Crippen LogP contribution in [0.5, 0.6) is 0 Å². The average Bonchev–Trinajstić information content (AvgIpc) is 1.61. The predicted octanol–water partition coefficient (Wildman–Crippen LogP) is -0.890. The molecule has 0 aromatic carbocycles. The number of rotatable bonds is 34. The van der Waals surface area contributed by atoms with E-state index in [-0.39, 0.29) is 174 Å². The number of hydrogen-bond acceptors (Lipinski definition) is 26. The van der Waals surface area contributed by atoms with Gasteiger partial charge in [0.05, 0.1) is 69.7 Å². The second kappa shape index (κ2) is 45.7. The third kappa shape index (κ3) is 21.4. The zero-order valence-corrected chi connectivity index (χ0v) is 82.1. The van der Waals surface area contributed by atoms with E-state index in [1.165, 1.54) is 92.4 Å². The molecule has 0 bridgehead atoms. The Morgan fingerprint density at radius 2 is 0.542 bits per heavy atom. The lowest BCUT2D eigenvalue weighted by molar-refractivity contribution is -0.155. The molecule has 17 heterocycles. The minimum atomic E-state index is -1.05. The maximum Gasteiger partial charge on any atom is 0.246 e. The first kappa shape index (κ1) is 103. The highest BCUT2D eigenvalue weighted by Crippen LogP contribution is 2.39. The largest absolute Gasteiger partial charge is 0.372 e. The molecule has 17 amide bonds. The molecule has 0 spiro atoms. The Hall–Kier alpha value is -12.6. The summed E-state index contributed by atoms with van der Waals surface area (Å²) in [5, 5.41) is 26.0. The van der Waals surface area contributed by atoms with Crippen molar-refractivity contribution in [2.24, 2.45) is 5.11 Å². The highest BCUT2D eigenvalue weighted by Gasteiger charge is 2.57. The van der Waals surface area contributed by atoms with Crippen LogP contribution >= 0.6 is 0 Å². The lowest BCUT2D eigenvalue weighted by Crippen LogP contribution is -2.59. The summed E-state index contributed by atoms with van der Waals surface area (Å²) in [4.78, 5) is 285. The van der Waals surface area contributed by atoms with Crippen LogP contribution in [-0.4, -0.2) is 443 Å².